The monoisotopic (exact) mass is 464 g/mol. The third kappa shape index (κ3) is 5.06. The van der Waals surface area contributed by atoms with Crippen LogP contribution in [0.4, 0.5) is 4.39 Å². The zero-order valence-electron chi connectivity index (χ0n) is 19.7. The Bertz CT molecular complexity index is 1050. The summed E-state index contributed by atoms with van der Waals surface area (Å²) in [5.74, 6) is -1.02. The number of halogens is 1. The van der Waals surface area contributed by atoms with Crippen LogP contribution in [-0.2, 0) is 16.0 Å². The van der Waals surface area contributed by atoms with Gasteiger partial charge in [-0.05, 0) is 61.3 Å². The minimum absolute atomic E-state index is 0.00365. The van der Waals surface area contributed by atoms with Crippen molar-refractivity contribution in [3.8, 4) is 0 Å². The van der Waals surface area contributed by atoms with Crippen LogP contribution < -0.4 is 5.73 Å². The average molecular weight is 465 g/mol. The molecule has 1 aliphatic carbocycles. The second-order valence-corrected chi connectivity index (χ2v) is 9.73. The van der Waals surface area contributed by atoms with Crippen LogP contribution in [0, 0.1) is 17.7 Å². The van der Waals surface area contributed by atoms with Gasteiger partial charge in [-0.1, -0.05) is 49.7 Å². The summed E-state index contributed by atoms with van der Waals surface area (Å²) in [5, 5.41) is 0. The molecule has 2 fully saturated rings. The predicted molar refractivity (Wildman–Crippen MR) is 129 cm³/mol. The highest BCUT2D eigenvalue weighted by molar-refractivity contribution is 5.94. The number of amides is 2. The zero-order chi connectivity index (χ0) is 24.2. The van der Waals surface area contributed by atoms with Crippen molar-refractivity contribution in [2.75, 3.05) is 6.54 Å². The highest BCUT2D eigenvalue weighted by Gasteiger charge is 2.44. The highest BCUT2D eigenvalue weighted by Crippen LogP contribution is 2.38. The molecule has 2 aromatic rings. The average Bonchev–Trinajstić information content (AvgIpc) is 3.29. The standard InChI is InChI=1S/C28H33FN2O3/c1-2-18-8-11-21(12-9-18)28(34)31-15-14-22(20-6-4-3-5-7-20)26(31)25(32)17-19-10-13-23(27(30)33)24(29)16-19/h3-7,10,13,16,18,21-22,26H,2,8-9,11-12,14-15,17H2,1H3,(H2,30,33)/t18?,21?,22-,26-/m0/s1. The molecule has 2 N–H and O–H groups in total. The van der Waals surface area contributed by atoms with Gasteiger partial charge < -0.3 is 10.6 Å². The SMILES string of the molecule is CCC1CCC(C(=O)N2CC[C@@H](c3ccccc3)[C@H]2C(=O)Cc2ccc(C(N)=O)c(F)c2)CC1. The molecule has 0 aromatic heterocycles. The van der Waals surface area contributed by atoms with Gasteiger partial charge in [0.1, 0.15) is 5.82 Å². The summed E-state index contributed by atoms with van der Waals surface area (Å²) in [6, 6.07) is 13.4. The summed E-state index contributed by atoms with van der Waals surface area (Å²) in [7, 11) is 0. The first-order valence-electron chi connectivity index (χ1n) is 12.3. The first kappa shape index (κ1) is 24.1. The fourth-order valence-electron chi connectivity index (χ4n) is 5.71. The van der Waals surface area contributed by atoms with Crippen molar-refractivity contribution in [1.82, 2.24) is 4.90 Å². The van der Waals surface area contributed by atoms with Crippen LogP contribution in [0.25, 0.3) is 0 Å². The van der Waals surface area contributed by atoms with Gasteiger partial charge in [-0.3, -0.25) is 14.4 Å². The molecule has 0 bridgehead atoms. The Labute approximate surface area is 200 Å². The first-order chi connectivity index (χ1) is 16.4. The summed E-state index contributed by atoms with van der Waals surface area (Å²) in [6.07, 6.45) is 5.75. The lowest BCUT2D eigenvalue weighted by Gasteiger charge is -2.33. The van der Waals surface area contributed by atoms with Gasteiger partial charge in [0.15, 0.2) is 5.78 Å². The smallest absolute Gasteiger partial charge is 0.251 e. The Kier molecular flexibility index (Phi) is 7.44. The van der Waals surface area contributed by atoms with Crippen molar-refractivity contribution in [3.63, 3.8) is 0 Å². The minimum atomic E-state index is -0.843. The number of nitrogens with two attached hydrogens (primary N) is 1. The summed E-state index contributed by atoms with van der Waals surface area (Å²) in [6.45, 7) is 2.75. The van der Waals surface area contributed by atoms with Crippen LogP contribution >= 0.6 is 0 Å². The number of benzene rings is 2. The number of rotatable bonds is 7. The normalized spacial score (nSPS) is 24.7. The number of likely N-dealkylation sites (tertiary alicyclic amines) is 1. The Balaban J connectivity index is 1.57. The van der Waals surface area contributed by atoms with Crippen molar-refractivity contribution in [2.45, 2.75) is 63.8 Å². The Morgan fingerprint density at radius 1 is 1.00 bits per heavy atom. The van der Waals surface area contributed by atoms with Crippen LogP contribution in [0.1, 0.15) is 72.9 Å². The molecule has 4 rings (SSSR count). The Morgan fingerprint density at radius 2 is 1.71 bits per heavy atom. The number of Topliss-reactive ketones (excluding diaryl/α,β-unsaturated/α-hetero) is 1. The van der Waals surface area contributed by atoms with Crippen molar-refractivity contribution in [2.24, 2.45) is 17.6 Å². The van der Waals surface area contributed by atoms with Crippen LogP contribution in [0.3, 0.4) is 0 Å². The maximum Gasteiger partial charge on any atom is 0.251 e. The molecule has 5 nitrogen and oxygen atoms in total. The van der Waals surface area contributed by atoms with E-state index in [0.29, 0.717) is 18.0 Å². The fraction of sp³-hybridized carbons (Fsp3) is 0.464. The van der Waals surface area contributed by atoms with Crippen LogP contribution in [-0.4, -0.2) is 35.1 Å². The van der Waals surface area contributed by atoms with Crippen molar-refractivity contribution in [1.29, 1.82) is 0 Å². The highest BCUT2D eigenvalue weighted by atomic mass is 19.1. The minimum Gasteiger partial charge on any atom is -0.366 e. The van der Waals surface area contributed by atoms with Crippen LogP contribution in [0.2, 0.25) is 0 Å². The predicted octanol–water partition coefficient (Wildman–Crippen LogP) is 4.64. The maximum absolute atomic E-state index is 14.3. The van der Waals surface area contributed by atoms with Gasteiger partial charge in [0, 0.05) is 24.8 Å². The molecule has 1 heterocycles. The van der Waals surface area contributed by atoms with Crippen LogP contribution in [0.5, 0.6) is 0 Å². The molecule has 0 unspecified atom stereocenters. The molecule has 2 aliphatic rings. The van der Waals surface area contributed by atoms with E-state index in [-0.39, 0.29) is 35.5 Å². The molecule has 180 valence electrons. The van der Waals surface area contributed by atoms with Gasteiger partial charge in [-0.15, -0.1) is 0 Å². The molecule has 0 radical (unpaired) electrons. The van der Waals surface area contributed by atoms with E-state index < -0.39 is 17.8 Å². The van der Waals surface area contributed by atoms with Gasteiger partial charge in [0.25, 0.3) is 5.91 Å². The number of carbonyl (C=O) groups is 3. The van der Waals surface area contributed by atoms with Gasteiger partial charge in [0.05, 0.1) is 11.6 Å². The van der Waals surface area contributed by atoms with Gasteiger partial charge in [0.2, 0.25) is 5.91 Å². The zero-order valence-corrected chi connectivity index (χ0v) is 19.7. The molecule has 0 spiro atoms. The molecule has 1 saturated heterocycles. The molecule has 1 aliphatic heterocycles. The summed E-state index contributed by atoms with van der Waals surface area (Å²) in [4.78, 5) is 40.3. The van der Waals surface area contributed by atoms with E-state index in [2.05, 4.69) is 6.92 Å². The molecule has 2 aromatic carbocycles. The molecular formula is C28H33FN2O3. The lowest BCUT2D eigenvalue weighted by Crippen LogP contribution is -2.46. The topological polar surface area (TPSA) is 80.5 Å². The molecule has 2 amide bonds. The number of carbonyl (C=O) groups excluding carboxylic acids is 3. The third-order valence-electron chi connectivity index (χ3n) is 7.69. The van der Waals surface area contributed by atoms with E-state index in [4.69, 9.17) is 5.73 Å². The van der Waals surface area contributed by atoms with Crippen LogP contribution in [0.15, 0.2) is 48.5 Å². The molecule has 1 saturated carbocycles. The van der Waals surface area contributed by atoms with E-state index in [1.54, 1.807) is 11.0 Å². The first-order valence-corrected chi connectivity index (χ1v) is 12.3. The number of hydrogen-bond acceptors (Lipinski definition) is 3. The van der Waals surface area contributed by atoms with E-state index in [1.165, 1.54) is 12.1 Å². The Hall–Kier alpha value is -3.02. The number of ketones is 1. The summed E-state index contributed by atoms with van der Waals surface area (Å²) < 4.78 is 14.3. The number of nitrogens with zero attached hydrogens (tertiary/aromatic N) is 1. The molecule has 6 heteroatoms. The molecule has 2 atom stereocenters. The van der Waals surface area contributed by atoms with E-state index in [1.807, 2.05) is 30.3 Å². The largest absolute Gasteiger partial charge is 0.366 e. The lowest BCUT2D eigenvalue weighted by molar-refractivity contribution is -0.142. The van der Waals surface area contributed by atoms with Crippen molar-refractivity contribution in [3.05, 3.63) is 71.0 Å². The van der Waals surface area contributed by atoms with Gasteiger partial charge >= 0.3 is 0 Å². The Morgan fingerprint density at radius 3 is 2.32 bits per heavy atom. The third-order valence-corrected chi connectivity index (χ3v) is 7.69. The van der Waals surface area contributed by atoms with Gasteiger partial charge in [-0.25, -0.2) is 4.39 Å². The second-order valence-electron chi connectivity index (χ2n) is 9.73. The number of primary amides is 1. The maximum atomic E-state index is 14.3. The molecule has 34 heavy (non-hydrogen) atoms. The fourth-order valence-corrected chi connectivity index (χ4v) is 5.71. The van der Waals surface area contributed by atoms with E-state index in [9.17, 15) is 18.8 Å². The van der Waals surface area contributed by atoms with Crippen molar-refractivity contribution < 1.29 is 18.8 Å². The van der Waals surface area contributed by atoms with Crippen molar-refractivity contribution >= 4 is 17.6 Å². The van der Waals surface area contributed by atoms with E-state index >= 15 is 0 Å². The second kappa shape index (κ2) is 10.5. The molecular weight excluding hydrogens is 431 g/mol. The number of hydrogen-bond donors (Lipinski definition) is 1. The quantitative estimate of drug-likeness (QED) is 0.648. The lowest BCUT2D eigenvalue weighted by atomic mass is 9.80. The summed E-state index contributed by atoms with van der Waals surface area (Å²) >= 11 is 0. The van der Waals surface area contributed by atoms with Gasteiger partial charge in [-0.2, -0.15) is 0 Å². The summed E-state index contributed by atoms with van der Waals surface area (Å²) in [5.41, 5.74) is 6.52. The van der Waals surface area contributed by atoms with E-state index in [0.717, 1.165) is 44.1 Å².